The molecule has 0 bridgehead atoms. The predicted octanol–water partition coefficient (Wildman–Crippen LogP) is 5.90. The number of carbonyl (C=O) groups is 1. The van der Waals surface area contributed by atoms with Crippen molar-refractivity contribution in [2.45, 2.75) is 45.8 Å². The van der Waals surface area contributed by atoms with E-state index in [9.17, 15) is 4.79 Å². The Morgan fingerprint density at radius 3 is 2.64 bits per heavy atom. The number of hydrogen-bond donors (Lipinski definition) is 1. The van der Waals surface area contributed by atoms with Gasteiger partial charge in [-0.3, -0.25) is 9.36 Å². The summed E-state index contributed by atoms with van der Waals surface area (Å²) in [5, 5.41) is 15.2. The zero-order valence-corrected chi connectivity index (χ0v) is 18.9. The van der Waals surface area contributed by atoms with Gasteiger partial charge in [0.2, 0.25) is 5.91 Å². The Kier molecular flexibility index (Phi) is 6.47. The molecule has 1 N–H and O–H groups in total. The number of carbonyl (C=O) groups excluding carboxylic acids is 1. The molecule has 3 aromatic rings. The van der Waals surface area contributed by atoms with Gasteiger partial charge < -0.3 is 5.32 Å². The van der Waals surface area contributed by atoms with E-state index in [0.29, 0.717) is 5.02 Å². The Hall–Kier alpha value is -1.83. The summed E-state index contributed by atoms with van der Waals surface area (Å²) >= 11 is 9.23. The van der Waals surface area contributed by atoms with E-state index in [0.717, 1.165) is 27.8 Å². The quantitative estimate of drug-likeness (QED) is 0.491. The van der Waals surface area contributed by atoms with E-state index in [1.165, 1.54) is 22.2 Å². The highest BCUT2D eigenvalue weighted by Gasteiger charge is 2.20. The van der Waals surface area contributed by atoms with Gasteiger partial charge in [0, 0.05) is 32.6 Å². The van der Waals surface area contributed by atoms with Gasteiger partial charge in [-0.1, -0.05) is 29.4 Å². The lowest BCUT2D eigenvalue weighted by Crippen LogP contribution is -2.15. The van der Waals surface area contributed by atoms with Crippen LogP contribution < -0.4 is 5.32 Å². The molecule has 1 aromatic carbocycles. The van der Waals surface area contributed by atoms with Crippen LogP contribution in [0.2, 0.25) is 5.02 Å². The average Bonchev–Trinajstić information content (AvgIpc) is 3.21. The molecule has 0 saturated carbocycles. The second-order valence-electron chi connectivity index (χ2n) is 6.85. The van der Waals surface area contributed by atoms with E-state index >= 15 is 0 Å². The predicted molar refractivity (Wildman–Crippen MR) is 119 cm³/mol. The number of aromatic nitrogens is 3. The van der Waals surface area contributed by atoms with Gasteiger partial charge in [-0.15, -0.1) is 21.5 Å². The first-order valence-corrected chi connectivity index (χ1v) is 11.2. The molecule has 8 heteroatoms. The molecule has 28 heavy (non-hydrogen) atoms. The van der Waals surface area contributed by atoms with Gasteiger partial charge in [0.25, 0.3) is 0 Å². The summed E-state index contributed by atoms with van der Waals surface area (Å²) < 4.78 is 2.09. The monoisotopic (exact) mass is 434 g/mol. The smallest absolute Gasteiger partial charge is 0.234 e. The molecule has 148 valence electrons. The molecule has 0 radical (unpaired) electrons. The first kappa shape index (κ1) is 20.9. The van der Waals surface area contributed by atoms with Gasteiger partial charge in [-0.25, -0.2) is 0 Å². The fraction of sp³-hybridized carbons (Fsp3) is 0.350. The number of hydrogen-bond acceptors (Lipinski definition) is 5. The SMILES string of the molecule is Cc1scc(-c2nnc(SCC(=O)Nc3cccc(Cl)c3C)n2C(C)C)c1C. The third-order valence-electron chi connectivity index (χ3n) is 4.58. The number of nitrogens with zero attached hydrogens (tertiary/aromatic N) is 3. The number of benzene rings is 1. The Morgan fingerprint density at radius 1 is 1.25 bits per heavy atom. The molecule has 0 aliphatic carbocycles. The molecule has 0 fully saturated rings. The minimum atomic E-state index is -0.0993. The lowest BCUT2D eigenvalue weighted by Gasteiger charge is -2.14. The highest BCUT2D eigenvalue weighted by Crippen LogP contribution is 2.33. The molecule has 3 rings (SSSR count). The fourth-order valence-electron chi connectivity index (χ4n) is 2.82. The minimum Gasteiger partial charge on any atom is -0.325 e. The summed E-state index contributed by atoms with van der Waals surface area (Å²) in [6.45, 7) is 10.3. The number of anilines is 1. The van der Waals surface area contributed by atoms with Crippen LogP contribution in [0.5, 0.6) is 0 Å². The number of nitrogens with one attached hydrogen (secondary N) is 1. The Balaban J connectivity index is 1.77. The van der Waals surface area contributed by atoms with Gasteiger partial charge in [-0.2, -0.15) is 0 Å². The fourth-order valence-corrected chi connectivity index (χ4v) is 4.72. The van der Waals surface area contributed by atoms with Crippen molar-refractivity contribution >= 4 is 46.3 Å². The number of amides is 1. The van der Waals surface area contributed by atoms with E-state index in [2.05, 4.69) is 53.2 Å². The average molecular weight is 435 g/mol. The molecule has 0 atom stereocenters. The summed E-state index contributed by atoms with van der Waals surface area (Å²) in [7, 11) is 0. The third kappa shape index (κ3) is 4.26. The first-order valence-electron chi connectivity index (χ1n) is 8.97. The topological polar surface area (TPSA) is 59.8 Å². The minimum absolute atomic E-state index is 0.0993. The summed E-state index contributed by atoms with van der Waals surface area (Å²) in [6.07, 6.45) is 0. The highest BCUT2D eigenvalue weighted by molar-refractivity contribution is 7.99. The van der Waals surface area contributed by atoms with Crippen LogP contribution in [0.15, 0.2) is 28.7 Å². The van der Waals surface area contributed by atoms with Gasteiger partial charge in [0.1, 0.15) is 0 Å². The first-order chi connectivity index (χ1) is 13.3. The van der Waals surface area contributed by atoms with E-state index in [4.69, 9.17) is 11.6 Å². The maximum Gasteiger partial charge on any atom is 0.234 e. The maximum atomic E-state index is 12.4. The molecule has 0 unspecified atom stereocenters. The lowest BCUT2D eigenvalue weighted by molar-refractivity contribution is -0.113. The summed E-state index contributed by atoms with van der Waals surface area (Å²) in [4.78, 5) is 13.7. The van der Waals surface area contributed by atoms with Crippen LogP contribution in [-0.4, -0.2) is 26.4 Å². The number of aryl methyl sites for hydroxylation is 1. The van der Waals surface area contributed by atoms with Crippen LogP contribution in [0.1, 0.15) is 35.9 Å². The molecule has 5 nitrogen and oxygen atoms in total. The molecular weight excluding hydrogens is 412 g/mol. The molecule has 1 amide bonds. The molecule has 2 aromatic heterocycles. The van der Waals surface area contributed by atoms with E-state index in [-0.39, 0.29) is 17.7 Å². The van der Waals surface area contributed by atoms with Crippen LogP contribution in [0.25, 0.3) is 11.4 Å². The molecule has 0 aliphatic rings. The van der Waals surface area contributed by atoms with Crippen molar-refractivity contribution in [1.82, 2.24) is 14.8 Å². The van der Waals surface area contributed by atoms with Crippen molar-refractivity contribution in [3.8, 4) is 11.4 Å². The highest BCUT2D eigenvalue weighted by atomic mass is 35.5. The molecule has 0 aliphatic heterocycles. The third-order valence-corrected chi connectivity index (χ3v) is 6.95. The summed E-state index contributed by atoms with van der Waals surface area (Å²) in [6, 6.07) is 5.66. The standard InChI is InChI=1S/C20H23ClN4OS2/c1-11(2)25-19(15-9-27-14(5)12(15)3)23-24-20(25)28-10-18(26)22-17-8-6-7-16(21)13(17)4/h6-9,11H,10H2,1-5H3,(H,22,26). The summed E-state index contributed by atoms with van der Waals surface area (Å²) in [5.41, 5.74) is 3.92. The van der Waals surface area contributed by atoms with Gasteiger partial charge in [-0.05, 0) is 57.9 Å². The van der Waals surface area contributed by atoms with Crippen LogP contribution in [0, 0.1) is 20.8 Å². The van der Waals surface area contributed by atoms with Gasteiger partial charge in [0.15, 0.2) is 11.0 Å². The van der Waals surface area contributed by atoms with Gasteiger partial charge >= 0.3 is 0 Å². The number of halogens is 1. The second kappa shape index (κ2) is 8.68. The molecular formula is C20H23ClN4OS2. The molecule has 0 saturated heterocycles. The zero-order chi connectivity index (χ0) is 20.4. The van der Waals surface area contributed by atoms with Crippen molar-refractivity contribution in [2.75, 3.05) is 11.1 Å². The van der Waals surface area contributed by atoms with Crippen molar-refractivity contribution in [3.05, 3.63) is 44.6 Å². The van der Waals surface area contributed by atoms with E-state index in [1.807, 2.05) is 25.1 Å². The molecule has 0 spiro atoms. The maximum absolute atomic E-state index is 12.4. The van der Waals surface area contributed by atoms with Crippen LogP contribution in [0.4, 0.5) is 5.69 Å². The van der Waals surface area contributed by atoms with Crippen molar-refractivity contribution in [1.29, 1.82) is 0 Å². The van der Waals surface area contributed by atoms with Gasteiger partial charge in [0.05, 0.1) is 5.75 Å². The normalized spacial score (nSPS) is 11.2. The summed E-state index contributed by atoms with van der Waals surface area (Å²) in [5.74, 6) is 1.00. The van der Waals surface area contributed by atoms with Crippen molar-refractivity contribution in [3.63, 3.8) is 0 Å². The number of thiophene rings is 1. The largest absolute Gasteiger partial charge is 0.325 e. The zero-order valence-electron chi connectivity index (χ0n) is 16.5. The van der Waals surface area contributed by atoms with Crippen LogP contribution >= 0.6 is 34.7 Å². The van der Waals surface area contributed by atoms with Crippen molar-refractivity contribution < 1.29 is 4.79 Å². The number of thioether (sulfide) groups is 1. The van der Waals surface area contributed by atoms with E-state index in [1.54, 1.807) is 11.3 Å². The van der Waals surface area contributed by atoms with Crippen LogP contribution in [0.3, 0.4) is 0 Å². The lowest BCUT2D eigenvalue weighted by atomic mass is 10.1. The second-order valence-corrected chi connectivity index (χ2v) is 9.28. The number of rotatable bonds is 6. The Labute approximate surface area is 178 Å². The van der Waals surface area contributed by atoms with E-state index < -0.39 is 0 Å². The Morgan fingerprint density at radius 2 is 2.00 bits per heavy atom. The van der Waals surface area contributed by atoms with Crippen LogP contribution in [-0.2, 0) is 4.79 Å². The van der Waals surface area contributed by atoms with Crippen molar-refractivity contribution in [2.24, 2.45) is 0 Å². The Bertz CT molecular complexity index is 1010. The molecule has 2 heterocycles.